The molecule has 1 aromatic carbocycles. The Balaban J connectivity index is 2.48. The minimum atomic E-state index is 0.473. The van der Waals surface area contributed by atoms with Crippen molar-refractivity contribution in [1.82, 2.24) is 4.98 Å². The highest BCUT2D eigenvalue weighted by Gasteiger charge is 1.97. The van der Waals surface area contributed by atoms with Crippen molar-refractivity contribution in [3.8, 4) is 11.3 Å². The maximum atomic E-state index is 5.75. The van der Waals surface area contributed by atoms with Crippen molar-refractivity contribution in [2.24, 2.45) is 0 Å². The van der Waals surface area contributed by atoms with Crippen molar-refractivity contribution in [1.29, 1.82) is 0 Å². The minimum Gasteiger partial charge on any atom is -0.236 e. The molecule has 0 saturated carbocycles. The quantitative estimate of drug-likeness (QED) is 0.627. The molecule has 63 valence electrons. The number of hydrogen-bond donors (Lipinski definition) is 0. The van der Waals surface area contributed by atoms with Gasteiger partial charge in [-0.25, -0.2) is 4.98 Å². The van der Waals surface area contributed by atoms with Gasteiger partial charge in [0.15, 0.2) is 0 Å². The van der Waals surface area contributed by atoms with Crippen molar-refractivity contribution in [2.45, 2.75) is 0 Å². The van der Waals surface area contributed by atoms with Crippen molar-refractivity contribution in [2.75, 3.05) is 0 Å². The fourth-order valence-electron chi connectivity index (χ4n) is 1.13. The third-order valence-electron chi connectivity index (χ3n) is 1.72. The molecular weight excluding hydrogens is 182 g/mol. The van der Waals surface area contributed by atoms with E-state index in [1.165, 1.54) is 0 Å². The smallest absolute Gasteiger partial charge is 0.130 e. The van der Waals surface area contributed by atoms with Gasteiger partial charge in [-0.1, -0.05) is 41.9 Å². The summed E-state index contributed by atoms with van der Waals surface area (Å²) in [4.78, 5) is 4.18. The van der Waals surface area contributed by atoms with Crippen molar-refractivity contribution < 1.29 is 0 Å². The van der Waals surface area contributed by atoms with E-state index in [0.717, 1.165) is 11.3 Å². The Morgan fingerprint density at radius 2 is 1.85 bits per heavy atom. The summed E-state index contributed by atoms with van der Waals surface area (Å²) in [6.07, 6.45) is 0. The molecule has 0 aliphatic rings. The molecule has 0 bridgehead atoms. The van der Waals surface area contributed by atoms with Crippen LogP contribution in [0.25, 0.3) is 11.3 Å². The van der Waals surface area contributed by atoms with E-state index >= 15 is 0 Å². The number of pyridine rings is 1. The third-order valence-corrected chi connectivity index (χ3v) is 1.91. The van der Waals surface area contributed by atoms with E-state index in [4.69, 9.17) is 11.6 Å². The largest absolute Gasteiger partial charge is 0.236 e. The number of halogens is 1. The molecule has 2 rings (SSSR count). The lowest BCUT2D eigenvalue weighted by Crippen LogP contribution is -1.82. The summed E-state index contributed by atoms with van der Waals surface area (Å²) in [5, 5.41) is 0.473. The van der Waals surface area contributed by atoms with Crippen LogP contribution in [0, 0.1) is 6.07 Å². The summed E-state index contributed by atoms with van der Waals surface area (Å²) in [7, 11) is 0. The van der Waals surface area contributed by atoms with Crippen molar-refractivity contribution in [3.05, 3.63) is 53.7 Å². The Bertz CT molecular complexity index is 398. The first-order chi connectivity index (χ1) is 6.36. The molecule has 0 saturated heterocycles. The fraction of sp³-hybridized carbons (Fsp3) is 0. The molecule has 0 unspecified atom stereocenters. The van der Waals surface area contributed by atoms with Crippen LogP contribution in [0.5, 0.6) is 0 Å². The lowest BCUT2D eigenvalue weighted by molar-refractivity contribution is 1.32. The first-order valence-electron chi connectivity index (χ1n) is 3.95. The first-order valence-corrected chi connectivity index (χ1v) is 4.33. The van der Waals surface area contributed by atoms with E-state index in [0.29, 0.717) is 5.15 Å². The van der Waals surface area contributed by atoms with E-state index in [1.807, 2.05) is 36.4 Å². The molecule has 2 heteroatoms. The number of rotatable bonds is 1. The van der Waals surface area contributed by atoms with Gasteiger partial charge in [0.2, 0.25) is 0 Å². The highest BCUT2D eigenvalue weighted by atomic mass is 35.5. The Kier molecular flexibility index (Phi) is 2.28. The SMILES string of the molecule is Clc1c[c]cc(-c2ccccc2)n1. The van der Waals surface area contributed by atoms with E-state index in [9.17, 15) is 0 Å². The number of nitrogens with zero attached hydrogens (tertiary/aromatic N) is 1. The van der Waals surface area contributed by atoms with Gasteiger partial charge in [-0.15, -0.1) is 0 Å². The fourth-order valence-corrected chi connectivity index (χ4v) is 1.28. The third kappa shape index (κ3) is 1.87. The topological polar surface area (TPSA) is 12.9 Å². The standard InChI is InChI=1S/C11H7ClN/c12-11-8-4-7-10(13-11)9-5-2-1-3-6-9/h1-3,5-8H. The van der Waals surface area contributed by atoms with Crippen molar-refractivity contribution in [3.63, 3.8) is 0 Å². The van der Waals surface area contributed by atoms with E-state index in [-0.39, 0.29) is 0 Å². The summed E-state index contributed by atoms with van der Waals surface area (Å²) in [5.41, 5.74) is 1.91. The molecule has 2 aromatic rings. The maximum absolute atomic E-state index is 5.75. The summed E-state index contributed by atoms with van der Waals surface area (Å²) < 4.78 is 0. The predicted octanol–water partition coefficient (Wildman–Crippen LogP) is 3.20. The highest BCUT2D eigenvalue weighted by Crippen LogP contribution is 2.17. The maximum Gasteiger partial charge on any atom is 0.130 e. The summed E-state index contributed by atoms with van der Waals surface area (Å²) >= 11 is 5.75. The average Bonchev–Trinajstić information content (AvgIpc) is 2.19. The second-order valence-electron chi connectivity index (χ2n) is 2.64. The zero-order valence-corrected chi connectivity index (χ0v) is 7.62. The second kappa shape index (κ2) is 3.58. The van der Waals surface area contributed by atoms with Gasteiger partial charge in [0.1, 0.15) is 5.15 Å². The van der Waals surface area contributed by atoms with Gasteiger partial charge in [-0.3, -0.25) is 0 Å². The van der Waals surface area contributed by atoms with Crippen LogP contribution in [-0.4, -0.2) is 4.98 Å². The van der Waals surface area contributed by atoms with Crippen LogP contribution in [0.3, 0.4) is 0 Å². The van der Waals surface area contributed by atoms with Crippen molar-refractivity contribution >= 4 is 11.6 Å². The van der Waals surface area contributed by atoms with Gasteiger partial charge in [-0.05, 0) is 18.2 Å². The normalized spacial score (nSPS) is 9.92. The molecule has 1 heterocycles. The molecule has 1 aromatic heterocycles. The van der Waals surface area contributed by atoms with Crippen LogP contribution in [-0.2, 0) is 0 Å². The van der Waals surface area contributed by atoms with Gasteiger partial charge in [-0.2, -0.15) is 0 Å². The molecule has 0 aliphatic carbocycles. The number of benzene rings is 1. The Morgan fingerprint density at radius 1 is 1.08 bits per heavy atom. The van der Waals surface area contributed by atoms with Crippen LogP contribution in [0.15, 0.2) is 42.5 Å². The molecule has 0 N–H and O–H groups in total. The molecule has 0 spiro atoms. The van der Waals surface area contributed by atoms with Gasteiger partial charge in [0.05, 0.1) is 5.69 Å². The molecule has 1 nitrogen and oxygen atoms in total. The molecule has 0 fully saturated rings. The average molecular weight is 189 g/mol. The molecular formula is C11H7ClN. The first kappa shape index (κ1) is 8.27. The minimum absolute atomic E-state index is 0.473. The van der Waals surface area contributed by atoms with E-state index < -0.39 is 0 Å². The van der Waals surface area contributed by atoms with E-state index in [1.54, 1.807) is 6.07 Å². The van der Waals surface area contributed by atoms with Gasteiger partial charge in [0, 0.05) is 5.56 Å². The lowest BCUT2D eigenvalue weighted by atomic mass is 10.1. The Morgan fingerprint density at radius 3 is 2.54 bits per heavy atom. The lowest BCUT2D eigenvalue weighted by Gasteiger charge is -1.99. The van der Waals surface area contributed by atoms with Gasteiger partial charge in [0.25, 0.3) is 0 Å². The summed E-state index contributed by atoms with van der Waals surface area (Å²) in [5.74, 6) is 0. The molecule has 0 amide bonds. The molecule has 13 heavy (non-hydrogen) atoms. The highest BCUT2D eigenvalue weighted by molar-refractivity contribution is 6.29. The van der Waals surface area contributed by atoms with Crippen LogP contribution < -0.4 is 0 Å². The number of hydrogen-bond acceptors (Lipinski definition) is 1. The van der Waals surface area contributed by atoms with Crippen LogP contribution >= 0.6 is 11.6 Å². The zero-order valence-electron chi connectivity index (χ0n) is 6.87. The Labute approximate surface area is 82.0 Å². The monoisotopic (exact) mass is 188 g/mol. The van der Waals surface area contributed by atoms with Crippen LogP contribution in [0.4, 0.5) is 0 Å². The van der Waals surface area contributed by atoms with E-state index in [2.05, 4.69) is 11.1 Å². The number of aromatic nitrogens is 1. The summed E-state index contributed by atoms with van der Waals surface area (Å²) in [6.45, 7) is 0. The molecule has 1 radical (unpaired) electrons. The van der Waals surface area contributed by atoms with Crippen LogP contribution in [0.2, 0.25) is 5.15 Å². The Hall–Kier alpha value is -1.34. The zero-order chi connectivity index (χ0) is 9.10. The molecule has 0 atom stereocenters. The van der Waals surface area contributed by atoms with Gasteiger partial charge < -0.3 is 0 Å². The second-order valence-corrected chi connectivity index (χ2v) is 3.03. The predicted molar refractivity (Wildman–Crippen MR) is 53.5 cm³/mol. The van der Waals surface area contributed by atoms with Gasteiger partial charge >= 0.3 is 0 Å². The summed E-state index contributed by atoms with van der Waals surface area (Å²) in [6, 6.07) is 16.3. The molecule has 0 aliphatic heterocycles. The van der Waals surface area contributed by atoms with Crippen LogP contribution in [0.1, 0.15) is 0 Å².